The third-order valence-electron chi connectivity index (χ3n) is 2.61. The van der Waals surface area contributed by atoms with Crippen molar-refractivity contribution in [2.75, 3.05) is 5.32 Å². The fraction of sp³-hybridized carbons (Fsp3) is 0. The van der Waals surface area contributed by atoms with Crippen LogP contribution in [0.5, 0.6) is 0 Å². The Balaban J connectivity index is 2.17. The molecule has 6 heteroatoms. The number of hydrogen-bond donors (Lipinski definition) is 2. The molecule has 102 valence electrons. The van der Waals surface area contributed by atoms with E-state index in [4.69, 9.17) is 29.6 Å². The molecule has 0 saturated carbocycles. The summed E-state index contributed by atoms with van der Waals surface area (Å²) in [6, 6.07) is 11.9. The number of halogens is 2. The second-order valence-corrected chi connectivity index (χ2v) is 5.75. The second kappa shape index (κ2) is 6.35. The van der Waals surface area contributed by atoms with Crippen LogP contribution < -0.4 is 11.1 Å². The van der Waals surface area contributed by atoms with Crippen LogP contribution in [0.15, 0.2) is 46.9 Å². The van der Waals surface area contributed by atoms with Gasteiger partial charge in [0.15, 0.2) is 0 Å². The molecule has 2 aromatic rings. The zero-order valence-corrected chi connectivity index (χ0v) is 13.3. The summed E-state index contributed by atoms with van der Waals surface area (Å²) in [7, 11) is 0. The summed E-state index contributed by atoms with van der Waals surface area (Å²) in [5.74, 6) is -0.220. The average molecular weight is 370 g/mol. The summed E-state index contributed by atoms with van der Waals surface area (Å²) in [6.45, 7) is 0. The summed E-state index contributed by atoms with van der Waals surface area (Å²) in [6.07, 6.45) is 0. The molecule has 0 atom stereocenters. The fourth-order valence-corrected chi connectivity index (χ4v) is 2.49. The smallest absolute Gasteiger partial charge is 0.255 e. The average Bonchev–Trinajstić information content (AvgIpc) is 2.42. The van der Waals surface area contributed by atoms with Gasteiger partial charge in [-0.3, -0.25) is 4.79 Å². The largest absolute Gasteiger partial charge is 0.389 e. The molecule has 3 nitrogen and oxygen atoms in total. The maximum Gasteiger partial charge on any atom is 0.255 e. The van der Waals surface area contributed by atoms with Crippen molar-refractivity contribution in [2.24, 2.45) is 5.73 Å². The predicted octanol–water partition coefficient (Wildman–Crippen LogP) is 3.99. The SMILES string of the molecule is NC(=S)c1ccc(C(=O)Nc2ccc(Cl)cc2Br)cc1. The minimum absolute atomic E-state index is 0.220. The number of carbonyl (C=O) groups is 1. The number of hydrogen-bond acceptors (Lipinski definition) is 2. The van der Waals surface area contributed by atoms with E-state index >= 15 is 0 Å². The highest BCUT2D eigenvalue weighted by Crippen LogP contribution is 2.26. The first-order chi connectivity index (χ1) is 9.47. The lowest BCUT2D eigenvalue weighted by atomic mass is 10.1. The first kappa shape index (κ1) is 15.0. The van der Waals surface area contributed by atoms with Gasteiger partial charge in [-0.15, -0.1) is 0 Å². The van der Waals surface area contributed by atoms with E-state index in [0.29, 0.717) is 21.3 Å². The minimum Gasteiger partial charge on any atom is -0.389 e. The van der Waals surface area contributed by atoms with Crippen molar-refractivity contribution in [3.05, 3.63) is 63.1 Å². The van der Waals surface area contributed by atoms with E-state index < -0.39 is 0 Å². The molecular formula is C14H10BrClN2OS. The zero-order valence-electron chi connectivity index (χ0n) is 10.2. The molecule has 20 heavy (non-hydrogen) atoms. The van der Waals surface area contributed by atoms with Gasteiger partial charge in [-0.25, -0.2) is 0 Å². The normalized spacial score (nSPS) is 10.1. The molecule has 1 amide bonds. The molecule has 0 bridgehead atoms. The fourth-order valence-electron chi connectivity index (χ4n) is 1.57. The van der Waals surface area contributed by atoms with Crippen LogP contribution in [-0.2, 0) is 0 Å². The lowest BCUT2D eigenvalue weighted by Gasteiger charge is -2.08. The predicted molar refractivity (Wildman–Crippen MR) is 89.4 cm³/mol. The van der Waals surface area contributed by atoms with E-state index in [2.05, 4.69) is 21.2 Å². The summed E-state index contributed by atoms with van der Waals surface area (Å²) < 4.78 is 0.720. The molecule has 0 radical (unpaired) electrons. The highest BCUT2D eigenvalue weighted by molar-refractivity contribution is 9.10. The van der Waals surface area contributed by atoms with E-state index in [1.807, 2.05) is 0 Å². The third-order valence-corrected chi connectivity index (χ3v) is 3.74. The van der Waals surface area contributed by atoms with E-state index in [-0.39, 0.29) is 5.91 Å². The maximum absolute atomic E-state index is 12.1. The second-order valence-electron chi connectivity index (χ2n) is 4.02. The van der Waals surface area contributed by atoms with Crippen molar-refractivity contribution < 1.29 is 4.79 Å². The number of nitrogens with two attached hydrogens (primary N) is 1. The Hall–Kier alpha value is -1.43. The monoisotopic (exact) mass is 368 g/mol. The Morgan fingerprint density at radius 2 is 1.75 bits per heavy atom. The Labute approximate surface area is 135 Å². The van der Waals surface area contributed by atoms with Crippen LogP contribution in [0.3, 0.4) is 0 Å². The molecular weight excluding hydrogens is 360 g/mol. The molecule has 0 saturated heterocycles. The number of nitrogens with one attached hydrogen (secondary N) is 1. The maximum atomic E-state index is 12.1. The van der Waals surface area contributed by atoms with Gasteiger partial charge in [0.2, 0.25) is 0 Å². The highest BCUT2D eigenvalue weighted by Gasteiger charge is 2.09. The van der Waals surface area contributed by atoms with Crippen LogP contribution in [0.1, 0.15) is 15.9 Å². The summed E-state index contributed by atoms with van der Waals surface area (Å²) >= 11 is 14.1. The van der Waals surface area contributed by atoms with Crippen molar-refractivity contribution in [1.29, 1.82) is 0 Å². The van der Waals surface area contributed by atoms with Gasteiger partial charge < -0.3 is 11.1 Å². The Bertz CT molecular complexity index is 673. The molecule has 0 aliphatic rings. The van der Waals surface area contributed by atoms with Crippen molar-refractivity contribution in [3.8, 4) is 0 Å². The number of benzene rings is 2. The molecule has 2 rings (SSSR count). The van der Waals surface area contributed by atoms with Crippen LogP contribution in [0.2, 0.25) is 5.02 Å². The van der Waals surface area contributed by atoms with Crippen LogP contribution in [0.25, 0.3) is 0 Å². The van der Waals surface area contributed by atoms with Crippen molar-refractivity contribution in [2.45, 2.75) is 0 Å². The van der Waals surface area contributed by atoms with Gasteiger partial charge in [0, 0.05) is 20.6 Å². The summed E-state index contributed by atoms with van der Waals surface area (Å²) in [5, 5.41) is 3.39. The van der Waals surface area contributed by atoms with Crippen molar-refractivity contribution in [3.63, 3.8) is 0 Å². The molecule has 0 unspecified atom stereocenters. The topological polar surface area (TPSA) is 55.1 Å². The first-order valence-electron chi connectivity index (χ1n) is 5.63. The Morgan fingerprint density at radius 3 is 2.30 bits per heavy atom. The molecule has 0 aliphatic carbocycles. The molecule has 0 aromatic heterocycles. The van der Waals surface area contributed by atoms with Gasteiger partial charge in [0.25, 0.3) is 5.91 Å². The van der Waals surface area contributed by atoms with Gasteiger partial charge in [-0.05, 0) is 46.3 Å². The Morgan fingerprint density at radius 1 is 1.15 bits per heavy atom. The van der Waals surface area contributed by atoms with Crippen LogP contribution >= 0.6 is 39.7 Å². The van der Waals surface area contributed by atoms with E-state index in [9.17, 15) is 4.79 Å². The lowest BCUT2D eigenvalue weighted by molar-refractivity contribution is 0.102. The minimum atomic E-state index is -0.220. The molecule has 2 aromatic carbocycles. The van der Waals surface area contributed by atoms with Crippen LogP contribution in [0.4, 0.5) is 5.69 Å². The third kappa shape index (κ3) is 3.56. The van der Waals surface area contributed by atoms with Crippen LogP contribution in [0, 0.1) is 0 Å². The van der Waals surface area contributed by atoms with Gasteiger partial charge in [0.05, 0.1) is 5.69 Å². The molecule has 0 spiro atoms. The summed E-state index contributed by atoms with van der Waals surface area (Å²) in [5.41, 5.74) is 7.41. The Kier molecular flexibility index (Phi) is 4.75. The number of rotatable bonds is 3. The van der Waals surface area contributed by atoms with Gasteiger partial charge in [-0.1, -0.05) is 36.0 Å². The number of amides is 1. The number of carbonyl (C=O) groups excluding carboxylic acids is 1. The standard InChI is InChI=1S/C14H10BrClN2OS/c15-11-7-10(16)5-6-12(11)18-14(19)9-3-1-8(2-4-9)13(17)20/h1-7H,(H2,17,20)(H,18,19). The van der Waals surface area contributed by atoms with Gasteiger partial charge >= 0.3 is 0 Å². The first-order valence-corrected chi connectivity index (χ1v) is 7.21. The number of anilines is 1. The van der Waals surface area contributed by atoms with E-state index in [0.717, 1.165) is 10.0 Å². The molecule has 0 heterocycles. The van der Waals surface area contributed by atoms with Crippen LogP contribution in [-0.4, -0.2) is 10.9 Å². The van der Waals surface area contributed by atoms with Crippen molar-refractivity contribution >= 4 is 56.3 Å². The molecule has 0 fully saturated rings. The number of thiocarbonyl (C=S) groups is 1. The van der Waals surface area contributed by atoms with E-state index in [1.54, 1.807) is 42.5 Å². The molecule has 0 aliphatic heterocycles. The summed E-state index contributed by atoms with van der Waals surface area (Å²) in [4.78, 5) is 12.4. The zero-order chi connectivity index (χ0) is 14.7. The highest BCUT2D eigenvalue weighted by atomic mass is 79.9. The lowest BCUT2D eigenvalue weighted by Crippen LogP contribution is -2.13. The van der Waals surface area contributed by atoms with Crippen molar-refractivity contribution in [1.82, 2.24) is 0 Å². The molecule has 3 N–H and O–H groups in total. The quantitative estimate of drug-likeness (QED) is 0.804. The van der Waals surface area contributed by atoms with Gasteiger partial charge in [-0.2, -0.15) is 0 Å². The van der Waals surface area contributed by atoms with Gasteiger partial charge in [0.1, 0.15) is 4.99 Å². The van der Waals surface area contributed by atoms with E-state index in [1.165, 1.54) is 0 Å².